The maximum atomic E-state index is 13.3. The Morgan fingerprint density at radius 2 is 2.10 bits per heavy atom. The fourth-order valence-corrected chi connectivity index (χ4v) is 2.49. The van der Waals surface area contributed by atoms with E-state index in [1.165, 1.54) is 12.1 Å². The highest BCUT2D eigenvalue weighted by atomic mass is 19.1. The number of para-hydroxylation sites is 1. The summed E-state index contributed by atoms with van der Waals surface area (Å²) in [5.74, 6) is -0.492. The lowest BCUT2D eigenvalue weighted by Gasteiger charge is -2.12. The van der Waals surface area contributed by atoms with Crippen molar-refractivity contribution in [2.75, 3.05) is 10.6 Å². The minimum absolute atomic E-state index is 0.147. The topological polar surface area (TPSA) is 41.1 Å². The Hall–Kier alpha value is -2.36. The van der Waals surface area contributed by atoms with Crippen LogP contribution in [0.1, 0.15) is 11.1 Å². The van der Waals surface area contributed by atoms with E-state index in [1.807, 2.05) is 24.3 Å². The van der Waals surface area contributed by atoms with Crippen LogP contribution in [0.5, 0.6) is 0 Å². The molecule has 0 aromatic heterocycles. The molecule has 0 spiro atoms. The van der Waals surface area contributed by atoms with Crippen LogP contribution in [0.2, 0.25) is 0 Å². The van der Waals surface area contributed by atoms with Crippen LogP contribution >= 0.6 is 0 Å². The molecular formula is C16H15FN2O. The number of fused-ring (bicyclic) bond motifs is 1. The first-order valence-corrected chi connectivity index (χ1v) is 6.54. The predicted octanol–water partition coefficient (Wildman–Crippen LogP) is 3.11. The standard InChI is InChI=1S/C16H15FN2O/c1-10-6-12(17)9-13(7-10)18-16(20)15-8-11-4-2-3-5-14(11)19-15/h2-7,9,15,19H,8H2,1H3,(H,18,20)/t15-/m0/s1. The summed E-state index contributed by atoms with van der Waals surface area (Å²) in [6.45, 7) is 1.79. The number of aryl methyl sites for hydroxylation is 1. The van der Waals surface area contributed by atoms with Gasteiger partial charge in [-0.3, -0.25) is 4.79 Å². The zero-order valence-electron chi connectivity index (χ0n) is 11.1. The first-order chi connectivity index (χ1) is 9.61. The molecule has 3 nitrogen and oxygen atoms in total. The highest BCUT2D eigenvalue weighted by Gasteiger charge is 2.26. The van der Waals surface area contributed by atoms with E-state index in [-0.39, 0.29) is 17.8 Å². The minimum atomic E-state index is -0.344. The zero-order chi connectivity index (χ0) is 14.1. The molecule has 0 unspecified atom stereocenters. The number of nitrogens with one attached hydrogen (secondary N) is 2. The first kappa shape index (κ1) is 12.7. The molecule has 0 fully saturated rings. The summed E-state index contributed by atoms with van der Waals surface area (Å²) in [6, 6.07) is 12.0. The van der Waals surface area contributed by atoms with E-state index in [0.29, 0.717) is 12.1 Å². The molecule has 0 aliphatic carbocycles. The lowest BCUT2D eigenvalue weighted by atomic mass is 10.1. The molecule has 1 aliphatic heterocycles. The molecule has 0 saturated carbocycles. The number of rotatable bonds is 2. The molecule has 1 heterocycles. The van der Waals surface area contributed by atoms with Gasteiger partial charge in [0, 0.05) is 17.8 Å². The second-order valence-electron chi connectivity index (χ2n) is 5.06. The molecule has 1 aliphatic rings. The third-order valence-corrected chi connectivity index (χ3v) is 3.40. The summed E-state index contributed by atoms with van der Waals surface area (Å²) in [7, 11) is 0. The summed E-state index contributed by atoms with van der Waals surface area (Å²) in [5, 5.41) is 5.94. The summed E-state index contributed by atoms with van der Waals surface area (Å²) in [4.78, 5) is 12.2. The number of carbonyl (C=O) groups excluding carboxylic acids is 1. The fraction of sp³-hybridized carbons (Fsp3) is 0.188. The van der Waals surface area contributed by atoms with Crippen molar-refractivity contribution in [3.8, 4) is 0 Å². The van der Waals surface area contributed by atoms with Crippen molar-refractivity contribution < 1.29 is 9.18 Å². The van der Waals surface area contributed by atoms with Gasteiger partial charge in [-0.2, -0.15) is 0 Å². The van der Waals surface area contributed by atoms with Crippen LogP contribution in [0, 0.1) is 12.7 Å². The predicted molar refractivity (Wildman–Crippen MR) is 77.3 cm³/mol. The quantitative estimate of drug-likeness (QED) is 0.880. The second kappa shape index (κ2) is 4.96. The molecule has 3 rings (SSSR count). The van der Waals surface area contributed by atoms with Gasteiger partial charge in [0.25, 0.3) is 0 Å². The summed E-state index contributed by atoms with van der Waals surface area (Å²) in [6.07, 6.45) is 0.649. The molecule has 1 atom stereocenters. The van der Waals surface area contributed by atoms with Crippen molar-refractivity contribution in [3.63, 3.8) is 0 Å². The monoisotopic (exact) mass is 270 g/mol. The number of anilines is 2. The van der Waals surface area contributed by atoms with E-state index in [0.717, 1.165) is 16.8 Å². The Kier molecular flexibility index (Phi) is 3.14. The minimum Gasteiger partial charge on any atom is -0.373 e. The first-order valence-electron chi connectivity index (χ1n) is 6.54. The molecule has 102 valence electrons. The second-order valence-corrected chi connectivity index (χ2v) is 5.06. The van der Waals surface area contributed by atoms with E-state index in [1.54, 1.807) is 13.0 Å². The van der Waals surface area contributed by atoms with E-state index in [9.17, 15) is 9.18 Å². The zero-order valence-corrected chi connectivity index (χ0v) is 11.1. The Labute approximate surface area is 116 Å². The van der Waals surface area contributed by atoms with E-state index >= 15 is 0 Å². The maximum absolute atomic E-state index is 13.3. The van der Waals surface area contributed by atoms with Gasteiger partial charge in [0.2, 0.25) is 5.91 Å². The average Bonchev–Trinajstić information content (AvgIpc) is 2.81. The van der Waals surface area contributed by atoms with Gasteiger partial charge < -0.3 is 10.6 Å². The fourth-order valence-electron chi connectivity index (χ4n) is 2.49. The Morgan fingerprint density at radius 1 is 1.30 bits per heavy atom. The number of hydrogen-bond donors (Lipinski definition) is 2. The number of carbonyl (C=O) groups is 1. The van der Waals surface area contributed by atoms with Crippen molar-refractivity contribution in [2.24, 2.45) is 0 Å². The van der Waals surface area contributed by atoms with Gasteiger partial charge in [0.1, 0.15) is 11.9 Å². The molecule has 0 saturated heterocycles. The lowest BCUT2D eigenvalue weighted by molar-refractivity contribution is -0.116. The average molecular weight is 270 g/mol. The van der Waals surface area contributed by atoms with E-state index < -0.39 is 0 Å². The van der Waals surface area contributed by atoms with Crippen molar-refractivity contribution >= 4 is 17.3 Å². The van der Waals surface area contributed by atoms with Gasteiger partial charge in [0.15, 0.2) is 0 Å². The smallest absolute Gasteiger partial charge is 0.247 e. The van der Waals surface area contributed by atoms with Crippen LogP contribution in [0.25, 0.3) is 0 Å². The van der Waals surface area contributed by atoms with Crippen LogP contribution in [0.4, 0.5) is 15.8 Å². The van der Waals surface area contributed by atoms with Gasteiger partial charge in [-0.1, -0.05) is 18.2 Å². The van der Waals surface area contributed by atoms with Crippen LogP contribution in [-0.2, 0) is 11.2 Å². The molecule has 2 aromatic carbocycles. The van der Waals surface area contributed by atoms with Gasteiger partial charge in [-0.15, -0.1) is 0 Å². The molecular weight excluding hydrogens is 255 g/mol. The van der Waals surface area contributed by atoms with E-state index in [4.69, 9.17) is 0 Å². The number of amides is 1. The van der Waals surface area contributed by atoms with Gasteiger partial charge in [-0.05, 0) is 42.3 Å². The van der Waals surface area contributed by atoms with Crippen LogP contribution in [-0.4, -0.2) is 11.9 Å². The molecule has 20 heavy (non-hydrogen) atoms. The van der Waals surface area contributed by atoms with Crippen molar-refractivity contribution in [1.29, 1.82) is 0 Å². The maximum Gasteiger partial charge on any atom is 0.247 e. The lowest BCUT2D eigenvalue weighted by Crippen LogP contribution is -2.32. The van der Waals surface area contributed by atoms with Gasteiger partial charge in [-0.25, -0.2) is 4.39 Å². The molecule has 2 N–H and O–H groups in total. The Bertz CT molecular complexity index is 624. The summed E-state index contributed by atoms with van der Waals surface area (Å²) >= 11 is 0. The molecule has 0 bridgehead atoms. The van der Waals surface area contributed by atoms with E-state index in [2.05, 4.69) is 10.6 Å². The van der Waals surface area contributed by atoms with Crippen LogP contribution in [0.15, 0.2) is 42.5 Å². The summed E-state index contributed by atoms with van der Waals surface area (Å²) < 4.78 is 13.3. The van der Waals surface area contributed by atoms with Gasteiger partial charge in [0.05, 0.1) is 0 Å². The van der Waals surface area contributed by atoms with Crippen molar-refractivity contribution in [1.82, 2.24) is 0 Å². The number of benzene rings is 2. The summed E-state index contributed by atoms with van der Waals surface area (Å²) in [5.41, 5.74) is 3.39. The van der Waals surface area contributed by atoms with Gasteiger partial charge >= 0.3 is 0 Å². The normalized spacial score (nSPS) is 16.4. The number of halogens is 1. The van der Waals surface area contributed by atoms with Crippen molar-refractivity contribution in [3.05, 3.63) is 59.4 Å². The van der Waals surface area contributed by atoms with Crippen LogP contribution in [0.3, 0.4) is 0 Å². The molecule has 4 heteroatoms. The Morgan fingerprint density at radius 3 is 2.85 bits per heavy atom. The molecule has 1 amide bonds. The SMILES string of the molecule is Cc1cc(F)cc(NC(=O)[C@@H]2Cc3ccccc3N2)c1. The third-order valence-electron chi connectivity index (χ3n) is 3.40. The van der Waals surface area contributed by atoms with Crippen LogP contribution < -0.4 is 10.6 Å². The number of hydrogen-bond acceptors (Lipinski definition) is 2. The Balaban J connectivity index is 1.72. The molecule has 0 radical (unpaired) electrons. The highest BCUT2D eigenvalue weighted by molar-refractivity contribution is 5.98. The largest absolute Gasteiger partial charge is 0.373 e. The molecule has 2 aromatic rings. The third kappa shape index (κ3) is 2.50. The van der Waals surface area contributed by atoms with Crippen molar-refractivity contribution in [2.45, 2.75) is 19.4 Å². The highest BCUT2D eigenvalue weighted by Crippen LogP contribution is 2.26.